The number of nitro benzene ring substituents is 1. The molecule has 5 rings (SSSR count). The van der Waals surface area contributed by atoms with E-state index in [1.165, 1.54) is 25.3 Å². The van der Waals surface area contributed by atoms with Crippen molar-refractivity contribution >= 4 is 55.7 Å². The Morgan fingerprint density at radius 3 is 2.68 bits per heavy atom. The van der Waals surface area contributed by atoms with Crippen LogP contribution in [-0.2, 0) is 4.79 Å². The molecule has 12 heteroatoms. The number of nitrogens with zero attached hydrogens (tertiary/aromatic N) is 4. The number of hydrogen-bond acceptors (Lipinski definition) is 8. The van der Waals surface area contributed by atoms with Gasteiger partial charge in [-0.3, -0.25) is 14.9 Å². The Morgan fingerprint density at radius 2 is 1.95 bits per heavy atom. The van der Waals surface area contributed by atoms with Crippen molar-refractivity contribution in [3.8, 4) is 17.3 Å². The third kappa shape index (κ3) is 4.64. The van der Waals surface area contributed by atoms with Crippen molar-refractivity contribution in [3.05, 3.63) is 97.2 Å². The maximum Gasteiger partial charge on any atom is 0.344 e. The molecule has 0 radical (unpaired) electrons. The molecular weight excluding hydrogens is 560 g/mol. The molecule has 0 aliphatic rings. The van der Waals surface area contributed by atoms with E-state index in [9.17, 15) is 24.8 Å². The topological polar surface area (TPSA) is 150 Å². The second-order valence-corrected chi connectivity index (χ2v) is 9.08. The van der Waals surface area contributed by atoms with Gasteiger partial charge >= 0.3 is 11.7 Å². The molecule has 0 aliphatic heterocycles. The molecule has 2 aromatic heterocycles. The van der Waals surface area contributed by atoms with Gasteiger partial charge in [-0.1, -0.05) is 46.3 Å². The molecule has 0 bridgehead atoms. The van der Waals surface area contributed by atoms with Crippen LogP contribution in [0.3, 0.4) is 0 Å². The van der Waals surface area contributed by atoms with Crippen LogP contribution in [0.25, 0.3) is 33.5 Å². The molecule has 2 heterocycles. The third-order valence-electron chi connectivity index (χ3n) is 5.61. The van der Waals surface area contributed by atoms with E-state index in [1.54, 1.807) is 36.4 Å². The summed E-state index contributed by atoms with van der Waals surface area (Å²) in [5.74, 6) is -1.24. The highest BCUT2D eigenvalue weighted by atomic mass is 79.9. The maximum atomic E-state index is 13.5. The van der Waals surface area contributed by atoms with E-state index >= 15 is 0 Å². The second kappa shape index (κ2) is 9.90. The first-order valence-electron chi connectivity index (χ1n) is 11.2. The van der Waals surface area contributed by atoms with Gasteiger partial charge in [-0.2, -0.15) is 9.78 Å². The Balaban J connectivity index is 1.72. The Bertz CT molecular complexity index is 1790. The number of aliphatic carboxylic acids is 1. The van der Waals surface area contributed by atoms with Crippen molar-refractivity contribution in [3.63, 3.8) is 0 Å². The molecular formula is C26H17BrN4O7. The molecule has 0 unspecified atom stereocenters. The number of halogens is 1. The number of furan rings is 1. The number of rotatable bonds is 7. The average Bonchev–Trinajstić information content (AvgIpc) is 3.33. The molecule has 0 fully saturated rings. The summed E-state index contributed by atoms with van der Waals surface area (Å²) >= 11 is 3.22. The van der Waals surface area contributed by atoms with Gasteiger partial charge in [0.05, 0.1) is 22.0 Å². The lowest BCUT2D eigenvalue weighted by atomic mass is 10.2. The molecule has 0 saturated carbocycles. The molecule has 5 aromatic rings. The van der Waals surface area contributed by atoms with Crippen LogP contribution in [0, 0.1) is 10.1 Å². The van der Waals surface area contributed by atoms with Crippen LogP contribution < -0.4 is 10.3 Å². The summed E-state index contributed by atoms with van der Waals surface area (Å²) in [4.78, 5) is 40.5. The van der Waals surface area contributed by atoms with Crippen LogP contribution in [-0.4, -0.2) is 38.0 Å². The molecule has 0 spiro atoms. The highest BCUT2D eigenvalue weighted by molar-refractivity contribution is 9.10. The Labute approximate surface area is 221 Å². The summed E-state index contributed by atoms with van der Waals surface area (Å²) < 4.78 is 12.7. The van der Waals surface area contributed by atoms with E-state index in [-0.39, 0.29) is 22.9 Å². The normalized spacial score (nSPS) is 12.3. The monoisotopic (exact) mass is 576 g/mol. The average molecular weight is 577 g/mol. The number of fused-ring (bicyclic) bond motifs is 2. The highest BCUT2D eigenvalue weighted by Gasteiger charge is 2.25. The predicted octanol–water partition coefficient (Wildman–Crippen LogP) is 5.21. The van der Waals surface area contributed by atoms with Crippen LogP contribution in [0.4, 0.5) is 5.69 Å². The van der Waals surface area contributed by atoms with E-state index < -0.39 is 28.2 Å². The number of nitro groups is 1. The summed E-state index contributed by atoms with van der Waals surface area (Å²) in [6, 6.07) is 18.4. The van der Waals surface area contributed by atoms with Crippen LogP contribution in [0.15, 0.2) is 85.5 Å². The van der Waals surface area contributed by atoms with Gasteiger partial charge in [0.1, 0.15) is 5.58 Å². The molecule has 1 N–H and O–H groups in total. The summed E-state index contributed by atoms with van der Waals surface area (Å²) in [5, 5.41) is 26.4. The van der Waals surface area contributed by atoms with E-state index in [1.807, 2.05) is 18.2 Å². The van der Waals surface area contributed by atoms with Crippen LogP contribution in [0.5, 0.6) is 5.75 Å². The third-order valence-corrected chi connectivity index (χ3v) is 6.07. The Kier molecular flexibility index (Phi) is 6.47. The minimum atomic E-state index is -1.39. The number of benzene rings is 3. The lowest BCUT2D eigenvalue weighted by Gasteiger charge is -2.13. The standard InChI is InChI=1S/C26H17BrN4O7/c1-14(26(33)34)37-23-16(10-17(27)12-20(23)31(35)36)13-28-30-24(22-11-15-6-2-5-9-21(15)38-22)29-19-8-4-3-7-18(19)25(30)32/h2-14H,1H3,(H,33,34)/t14-/m1/s1. The molecule has 1 atom stereocenters. The number of carbonyl (C=O) groups is 1. The second-order valence-electron chi connectivity index (χ2n) is 8.16. The van der Waals surface area contributed by atoms with Gasteiger partial charge in [0.25, 0.3) is 5.56 Å². The first-order valence-corrected chi connectivity index (χ1v) is 11.9. The number of aromatic nitrogens is 2. The van der Waals surface area contributed by atoms with E-state index in [0.29, 0.717) is 21.0 Å². The van der Waals surface area contributed by atoms with Gasteiger partial charge in [-0.25, -0.2) is 9.78 Å². The zero-order valence-corrected chi connectivity index (χ0v) is 21.2. The van der Waals surface area contributed by atoms with Gasteiger partial charge < -0.3 is 14.3 Å². The quantitative estimate of drug-likeness (QED) is 0.157. The molecule has 190 valence electrons. The summed E-state index contributed by atoms with van der Waals surface area (Å²) in [7, 11) is 0. The van der Waals surface area contributed by atoms with E-state index in [4.69, 9.17) is 9.15 Å². The maximum absolute atomic E-state index is 13.5. The first kappa shape index (κ1) is 24.8. The fourth-order valence-corrected chi connectivity index (χ4v) is 4.25. The van der Waals surface area contributed by atoms with Gasteiger partial charge in [-0.05, 0) is 37.3 Å². The molecule has 3 aromatic carbocycles. The van der Waals surface area contributed by atoms with Crippen molar-refractivity contribution in [2.75, 3.05) is 0 Å². The Hall–Kier alpha value is -4.84. The molecule has 0 saturated heterocycles. The first-order chi connectivity index (χ1) is 18.2. The van der Waals surface area contributed by atoms with Gasteiger partial charge in [0.2, 0.25) is 11.6 Å². The molecule has 0 amide bonds. The number of ether oxygens (including phenoxy) is 1. The number of carboxylic acid groups (broad SMARTS) is 1. The van der Waals surface area contributed by atoms with Crippen molar-refractivity contribution in [2.45, 2.75) is 13.0 Å². The summed E-state index contributed by atoms with van der Waals surface area (Å²) in [6.07, 6.45) is -0.218. The minimum absolute atomic E-state index is 0.0646. The van der Waals surface area contributed by atoms with Crippen molar-refractivity contribution in [1.82, 2.24) is 9.66 Å². The van der Waals surface area contributed by atoms with Crippen LogP contribution in [0.1, 0.15) is 12.5 Å². The number of hydrogen-bond donors (Lipinski definition) is 1. The zero-order valence-electron chi connectivity index (χ0n) is 19.6. The lowest BCUT2D eigenvalue weighted by Crippen LogP contribution is -2.24. The van der Waals surface area contributed by atoms with Gasteiger partial charge in [0.15, 0.2) is 11.9 Å². The predicted molar refractivity (Wildman–Crippen MR) is 143 cm³/mol. The smallest absolute Gasteiger partial charge is 0.344 e. The van der Waals surface area contributed by atoms with Gasteiger partial charge in [0, 0.05) is 21.5 Å². The minimum Gasteiger partial charge on any atom is -0.479 e. The lowest BCUT2D eigenvalue weighted by molar-refractivity contribution is -0.386. The fourth-order valence-electron chi connectivity index (χ4n) is 3.79. The van der Waals surface area contributed by atoms with Gasteiger partial charge in [-0.15, -0.1) is 0 Å². The van der Waals surface area contributed by atoms with Crippen LogP contribution >= 0.6 is 15.9 Å². The summed E-state index contributed by atoms with van der Waals surface area (Å²) in [5.41, 5.74) is 0.0941. The molecule has 11 nitrogen and oxygen atoms in total. The summed E-state index contributed by atoms with van der Waals surface area (Å²) in [6.45, 7) is 1.24. The molecule has 38 heavy (non-hydrogen) atoms. The fraction of sp³-hybridized carbons (Fsp3) is 0.0769. The largest absolute Gasteiger partial charge is 0.479 e. The van der Waals surface area contributed by atoms with E-state index in [0.717, 1.165) is 10.1 Å². The Morgan fingerprint density at radius 1 is 1.21 bits per heavy atom. The number of para-hydroxylation sites is 2. The van der Waals surface area contributed by atoms with Crippen molar-refractivity contribution in [1.29, 1.82) is 0 Å². The number of carboxylic acids is 1. The van der Waals surface area contributed by atoms with Crippen molar-refractivity contribution in [2.24, 2.45) is 5.10 Å². The SMILES string of the molecule is C[C@@H](Oc1c(C=Nn2c(-c3cc4ccccc4o3)nc3ccccc3c2=O)cc(Br)cc1[N+](=O)[O-])C(=O)O. The van der Waals surface area contributed by atoms with E-state index in [2.05, 4.69) is 26.0 Å². The highest BCUT2D eigenvalue weighted by Crippen LogP contribution is 2.35. The van der Waals surface area contributed by atoms with Crippen molar-refractivity contribution < 1.29 is 24.0 Å². The van der Waals surface area contributed by atoms with Crippen LogP contribution in [0.2, 0.25) is 0 Å². The zero-order chi connectivity index (χ0) is 27.0. The molecule has 0 aliphatic carbocycles.